The summed E-state index contributed by atoms with van der Waals surface area (Å²) in [6.07, 6.45) is 8.88. The van der Waals surface area contributed by atoms with Crippen LogP contribution in [0.25, 0.3) is 0 Å². The van der Waals surface area contributed by atoms with Gasteiger partial charge in [0.15, 0.2) is 0 Å². The maximum absolute atomic E-state index is 13.0. The summed E-state index contributed by atoms with van der Waals surface area (Å²) in [5.74, 6) is 0.778. The van der Waals surface area contributed by atoms with Crippen LogP contribution in [0.4, 0.5) is 5.69 Å². The number of hydrogen-bond donors (Lipinski definition) is 0. The SMILES string of the molecule is Cn1cc(N2CCC[C@H](N3CCN(C(=O)C4CCC4)CC3)C2=O)cn1. The van der Waals surface area contributed by atoms with Crippen LogP contribution < -0.4 is 4.90 Å². The number of carbonyl (C=O) groups is 2. The number of piperidine rings is 1. The van der Waals surface area contributed by atoms with Gasteiger partial charge in [-0.2, -0.15) is 5.10 Å². The molecular formula is C18H27N5O2. The van der Waals surface area contributed by atoms with Gasteiger partial charge < -0.3 is 9.80 Å². The van der Waals surface area contributed by atoms with Crippen LogP contribution in [0.15, 0.2) is 12.4 Å². The number of carbonyl (C=O) groups excluding carboxylic acids is 2. The summed E-state index contributed by atoms with van der Waals surface area (Å²) in [5.41, 5.74) is 0.885. The van der Waals surface area contributed by atoms with Gasteiger partial charge in [0.05, 0.1) is 17.9 Å². The third-order valence-corrected chi connectivity index (χ3v) is 5.93. The Morgan fingerprint density at radius 2 is 1.84 bits per heavy atom. The Bertz CT molecular complexity index is 646. The average molecular weight is 345 g/mol. The van der Waals surface area contributed by atoms with Crippen LogP contribution in [0.5, 0.6) is 0 Å². The smallest absolute Gasteiger partial charge is 0.244 e. The molecule has 0 aromatic carbocycles. The molecule has 25 heavy (non-hydrogen) atoms. The molecule has 1 atom stereocenters. The Morgan fingerprint density at radius 1 is 1.08 bits per heavy atom. The molecule has 0 spiro atoms. The van der Waals surface area contributed by atoms with Crippen LogP contribution >= 0.6 is 0 Å². The molecule has 2 saturated heterocycles. The molecule has 1 aromatic heterocycles. The second-order valence-electron chi connectivity index (χ2n) is 7.51. The van der Waals surface area contributed by atoms with Gasteiger partial charge in [-0.15, -0.1) is 0 Å². The summed E-state index contributed by atoms with van der Waals surface area (Å²) >= 11 is 0. The van der Waals surface area contributed by atoms with E-state index in [9.17, 15) is 9.59 Å². The number of nitrogens with zero attached hydrogens (tertiary/aromatic N) is 5. The van der Waals surface area contributed by atoms with E-state index in [1.54, 1.807) is 10.9 Å². The lowest BCUT2D eigenvalue weighted by molar-refractivity contribution is -0.140. The van der Waals surface area contributed by atoms with Gasteiger partial charge in [-0.3, -0.25) is 19.2 Å². The maximum atomic E-state index is 13.0. The topological polar surface area (TPSA) is 61.7 Å². The molecule has 4 rings (SSSR count). The first-order chi connectivity index (χ1) is 12.1. The highest BCUT2D eigenvalue weighted by molar-refractivity contribution is 5.97. The van der Waals surface area contributed by atoms with Crippen molar-refractivity contribution in [2.75, 3.05) is 37.6 Å². The van der Waals surface area contributed by atoms with Crippen molar-refractivity contribution >= 4 is 17.5 Å². The first-order valence-electron chi connectivity index (χ1n) is 9.46. The number of anilines is 1. The third-order valence-electron chi connectivity index (χ3n) is 5.93. The molecule has 3 heterocycles. The minimum atomic E-state index is -0.0603. The fourth-order valence-corrected chi connectivity index (χ4v) is 4.17. The third kappa shape index (κ3) is 3.17. The molecule has 0 bridgehead atoms. The Kier molecular flexibility index (Phi) is 4.50. The predicted octanol–water partition coefficient (Wildman–Crippen LogP) is 0.860. The van der Waals surface area contributed by atoms with Crippen LogP contribution in [-0.4, -0.2) is 70.2 Å². The standard InChI is InChI=1S/C18H27N5O2/c1-20-13-15(12-19-20)23-7-3-6-16(18(23)25)21-8-10-22(11-9-21)17(24)14-4-2-5-14/h12-14,16H,2-11H2,1H3/t16-/m0/s1. The molecule has 3 fully saturated rings. The van der Waals surface area contributed by atoms with Crippen molar-refractivity contribution in [2.24, 2.45) is 13.0 Å². The number of piperazine rings is 1. The van der Waals surface area contributed by atoms with Crippen LogP contribution in [0, 0.1) is 5.92 Å². The number of aromatic nitrogens is 2. The van der Waals surface area contributed by atoms with Gasteiger partial charge in [0.2, 0.25) is 11.8 Å². The van der Waals surface area contributed by atoms with Crippen molar-refractivity contribution in [3.63, 3.8) is 0 Å². The maximum Gasteiger partial charge on any atom is 0.244 e. The summed E-state index contributed by atoms with van der Waals surface area (Å²) < 4.78 is 1.73. The normalized spacial score (nSPS) is 26.0. The Labute approximate surface area is 148 Å². The lowest BCUT2D eigenvalue weighted by atomic mass is 9.84. The molecule has 2 amide bonds. The van der Waals surface area contributed by atoms with Crippen molar-refractivity contribution < 1.29 is 9.59 Å². The highest BCUT2D eigenvalue weighted by Gasteiger charge is 2.37. The summed E-state index contributed by atoms with van der Waals surface area (Å²) in [6.45, 7) is 3.88. The molecule has 3 aliphatic rings. The van der Waals surface area contributed by atoms with Crippen molar-refractivity contribution in [2.45, 2.75) is 38.1 Å². The molecular weight excluding hydrogens is 318 g/mol. The minimum Gasteiger partial charge on any atom is -0.340 e. The van der Waals surface area contributed by atoms with Gasteiger partial charge in [0.1, 0.15) is 0 Å². The van der Waals surface area contributed by atoms with Crippen LogP contribution in [0.2, 0.25) is 0 Å². The van der Waals surface area contributed by atoms with E-state index in [1.165, 1.54) is 6.42 Å². The lowest BCUT2D eigenvalue weighted by Crippen LogP contribution is -2.59. The molecule has 0 radical (unpaired) electrons. The molecule has 136 valence electrons. The largest absolute Gasteiger partial charge is 0.340 e. The number of hydrogen-bond acceptors (Lipinski definition) is 4. The van der Waals surface area contributed by atoms with E-state index >= 15 is 0 Å². The fraction of sp³-hybridized carbons (Fsp3) is 0.722. The molecule has 2 aliphatic heterocycles. The zero-order valence-corrected chi connectivity index (χ0v) is 14.9. The van der Waals surface area contributed by atoms with Gasteiger partial charge >= 0.3 is 0 Å². The molecule has 1 saturated carbocycles. The molecule has 0 N–H and O–H groups in total. The Morgan fingerprint density at radius 3 is 2.44 bits per heavy atom. The molecule has 1 aliphatic carbocycles. The summed E-state index contributed by atoms with van der Waals surface area (Å²) in [6, 6.07) is -0.0603. The highest BCUT2D eigenvalue weighted by Crippen LogP contribution is 2.29. The monoisotopic (exact) mass is 345 g/mol. The van der Waals surface area contributed by atoms with Crippen LogP contribution in [0.3, 0.4) is 0 Å². The van der Waals surface area contributed by atoms with Crippen molar-refractivity contribution in [3.8, 4) is 0 Å². The van der Waals surface area contributed by atoms with Gasteiger partial charge in [0, 0.05) is 51.9 Å². The van der Waals surface area contributed by atoms with E-state index in [4.69, 9.17) is 0 Å². The van der Waals surface area contributed by atoms with Crippen molar-refractivity contribution in [1.82, 2.24) is 19.6 Å². The second-order valence-corrected chi connectivity index (χ2v) is 7.51. The highest BCUT2D eigenvalue weighted by atomic mass is 16.2. The van der Waals surface area contributed by atoms with E-state index in [-0.39, 0.29) is 17.9 Å². The van der Waals surface area contributed by atoms with E-state index in [0.717, 1.165) is 64.1 Å². The van der Waals surface area contributed by atoms with E-state index in [2.05, 4.69) is 10.00 Å². The predicted molar refractivity (Wildman–Crippen MR) is 94.1 cm³/mol. The van der Waals surface area contributed by atoms with Crippen molar-refractivity contribution in [1.29, 1.82) is 0 Å². The Balaban J connectivity index is 1.37. The zero-order chi connectivity index (χ0) is 17.4. The Hall–Kier alpha value is -1.89. The van der Waals surface area contributed by atoms with Crippen molar-refractivity contribution in [3.05, 3.63) is 12.4 Å². The first-order valence-corrected chi connectivity index (χ1v) is 9.46. The molecule has 1 aromatic rings. The van der Waals surface area contributed by atoms with Gasteiger partial charge in [-0.05, 0) is 25.7 Å². The van der Waals surface area contributed by atoms with Gasteiger partial charge in [-0.1, -0.05) is 6.42 Å². The zero-order valence-electron chi connectivity index (χ0n) is 14.9. The summed E-state index contributed by atoms with van der Waals surface area (Å²) in [7, 11) is 1.87. The summed E-state index contributed by atoms with van der Waals surface area (Å²) in [5, 5.41) is 4.19. The summed E-state index contributed by atoms with van der Waals surface area (Å²) in [4.78, 5) is 31.5. The van der Waals surface area contributed by atoms with Crippen LogP contribution in [-0.2, 0) is 16.6 Å². The molecule has 7 heteroatoms. The van der Waals surface area contributed by atoms with E-state index in [1.807, 2.05) is 23.0 Å². The van der Waals surface area contributed by atoms with E-state index < -0.39 is 0 Å². The fourth-order valence-electron chi connectivity index (χ4n) is 4.17. The first kappa shape index (κ1) is 16.6. The lowest BCUT2D eigenvalue weighted by Gasteiger charge is -2.43. The van der Waals surface area contributed by atoms with E-state index in [0.29, 0.717) is 5.91 Å². The van der Waals surface area contributed by atoms with Gasteiger partial charge in [0.25, 0.3) is 0 Å². The quantitative estimate of drug-likeness (QED) is 0.815. The average Bonchev–Trinajstić information content (AvgIpc) is 3.00. The number of aryl methyl sites for hydroxylation is 1. The minimum absolute atomic E-state index is 0.0603. The molecule has 7 nitrogen and oxygen atoms in total. The second kappa shape index (κ2) is 6.78. The van der Waals surface area contributed by atoms with Crippen LogP contribution in [0.1, 0.15) is 32.1 Å². The molecule has 0 unspecified atom stereocenters. The number of amides is 2. The number of rotatable bonds is 3. The van der Waals surface area contributed by atoms with Gasteiger partial charge in [-0.25, -0.2) is 0 Å².